The van der Waals surface area contributed by atoms with Gasteiger partial charge in [-0.25, -0.2) is 4.39 Å². The molecule has 1 aromatic carbocycles. The normalized spacial score (nSPS) is 22.6. The molecule has 110 valence electrons. The predicted octanol–water partition coefficient (Wildman–Crippen LogP) is 1.79. The number of ether oxygens (including phenoxy) is 1. The second-order valence-electron chi connectivity index (χ2n) is 5.35. The minimum atomic E-state index is -0.322. The maximum absolute atomic E-state index is 12.8. The van der Waals surface area contributed by atoms with Crippen LogP contribution in [0.5, 0.6) is 5.75 Å². The molecule has 0 saturated carbocycles. The lowest BCUT2D eigenvalue weighted by molar-refractivity contribution is -0.137. The van der Waals surface area contributed by atoms with Crippen molar-refractivity contribution in [2.75, 3.05) is 19.7 Å². The van der Waals surface area contributed by atoms with E-state index in [1.807, 2.05) is 4.90 Å². The number of likely N-dealkylation sites (tertiary alicyclic amines) is 1. The first-order chi connectivity index (χ1) is 9.60. The number of piperidine rings is 1. The van der Waals surface area contributed by atoms with Gasteiger partial charge in [0.25, 0.3) is 5.91 Å². The molecular formula is C15H21FN2O2. The van der Waals surface area contributed by atoms with Crippen LogP contribution in [0.1, 0.15) is 19.8 Å². The molecule has 1 fully saturated rings. The molecule has 4 nitrogen and oxygen atoms in total. The number of hydrogen-bond donors (Lipinski definition) is 1. The molecule has 0 spiro atoms. The Morgan fingerprint density at radius 1 is 1.45 bits per heavy atom. The minimum Gasteiger partial charge on any atom is -0.484 e. The third kappa shape index (κ3) is 3.70. The van der Waals surface area contributed by atoms with E-state index >= 15 is 0 Å². The summed E-state index contributed by atoms with van der Waals surface area (Å²) in [6, 6.07) is 5.75. The summed E-state index contributed by atoms with van der Waals surface area (Å²) < 4.78 is 18.2. The van der Waals surface area contributed by atoms with Crippen molar-refractivity contribution in [1.29, 1.82) is 0 Å². The molecule has 5 heteroatoms. The molecule has 2 N–H and O–H groups in total. The molecule has 2 unspecified atom stereocenters. The zero-order valence-corrected chi connectivity index (χ0v) is 11.7. The highest BCUT2D eigenvalue weighted by Crippen LogP contribution is 2.22. The van der Waals surface area contributed by atoms with Gasteiger partial charge in [-0.15, -0.1) is 0 Å². The molecule has 1 amide bonds. The van der Waals surface area contributed by atoms with E-state index in [0.29, 0.717) is 18.2 Å². The average Bonchev–Trinajstić information content (AvgIpc) is 2.46. The number of benzene rings is 1. The Morgan fingerprint density at radius 2 is 2.15 bits per heavy atom. The summed E-state index contributed by atoms with van der Waals surface area (Å²) in [5.41, 5.74) is 5.74. The van der Waals surface area contributed by atoms with E-state index < -0.39 is 0 Å². The van der Waals surface area contributed by atoms with Crippen molar-refractivity contribution in [1.82, 2.24) is 4.90 Å². The lowest BCUT2D eigenvalue weighted by Gasteiger charge is -2.37. The molecule has 1 saturated heterocycles. The number of amides is 1. The second kappa shape index (κ2) is 6.70. The lowest BCUT2D eigenvalue weighted by Crippen LogP contribution is -2.50. The van der Waals surface area contributed by atoms with Crippen molar-refractivity contribution in [3.8, 4) is 5.75 Å². The average molecular weight is 280 g/mol. The molecule has 0 bridgehead atoms. The highest BCUT2D eigenvalue weighted by molar-refractivity contribution is 5.78. The van der Waals surface area contributed by atoms with Gasteiger partial charge in [-0.1, -0.05) is 6.92 Å². The van der Waals surface area contributed by atoms with Gasteiger partial charge in [-0.05, 0) is 43.0 Å². The largest absolute Gasteiger partial charge is 0.484 e. The van der Waals surface area contributed by atoms with Gasteiger partial charge in [0.1, 0.15) is 11.6 Å². The van der Waals surface area contributed by atoms with E-state index in [-0.39, 0.29) is 24.4 Å². The van der Waals surface area contributed by atoms with Crippen LogP contribution in [0, 0.1) is 11.7 Å². The van der Waals surface area contributed by atoms with Crippen LogP contribution in [0.2, 0.25) is 0 Å². The first kappa shape index (κ1) is 14.8. The van der Waals surface area contributed by atoms with E-state index in [4.69, 9.17) is 10.5 Å². The molecule has 1 aliphatic heterocycles. The van der Waals surface area contributed by atoms with Crippen molar-refractivity contribution < 1.29 is 13.9 Å². The fourth-order valence-corrected chi connectivity index (χ4v) is 2.56. The van der Waals surface area contributed by atoms with Gasteiger partial charge in [-0.2, -0.15) is 0 Å². The van der Waals surface area contributed by atoms with Crippen LogP contribution in [0.3, 0.4) is 0 Å². The highest BCUT2D eigenvalue weighted by atomic mass is 19.1. The Bertz CT molecular complexity index is 450. The van der Waals surface area contributed by atoms with Gasteiger partial charge in [0, 0.05) is 19.1 Å². The molecule has 1 aliphatic rings. The van der Waals surface area contributed by atoms with E-state index in [1.54, 1.807) is 0 Å². The maximum Gasteiger partial charge on any atom is 0.260 e. The van der Waals surface area contributed by atoms with Crippen molar-refractivity contribution in [3.63, 3.8) is 0 Å². The van der Waals surface area contributed by atoms with Gasteiger partial charge >= 0.3 is 0 Å². The van der Waals surface area contributed by atoms with Gasteiger partial charge in [-0.3, -0.25) is 4.79 Å². The number of halogens is 1. The summed E-state index contributed by atoms with van der Waals surface area (Å²) in [6.45, 7) is 3.36. The number of carbonyl (C=O) groups is 1. The number of nitrogens with zero attached hydrogens (tertiary/aromatic N) is 1. The highest BCUT2D eigenvalue weighted by Gasteiger charge is 2.28. The van der Waals surface area contributed by atoms with Crippen LogP contribution in [0.15, 0.2) is 24.3 Å². The van der Waals surface area contributed by atoms with Crippen molar-refractivity contribution in [2.45, 2.75) is 25.8 Å². The number of rotatable bonds is 4. The molecule has 20 heavy (non-hydrogen) atoms. The Balaban J connectivity index is 1.89. The van der Waals surface area contributed by atoms with Crippen LogP contribution in [-0.2, 0) is 4.79 Å². The molecule has 1 aromatic rings. The van der Waals surface area contributed by atoms with Crippen molar-refractivity contribution in [3.05, 3.63) is 30.1 Å². The van der Waals surface area contributed by atoms with Gasteiger partial charge in [0.2, 0.25) is 0 Å². The van der Waals surface area contributed by atoms with Crippen LogP contribution in [0.4, 0.5) is 4.39 Å². The quantitative estimate of drug-likeness (QED) is 0.915. The fraction of sp³-hybridized carbons (Fsp3) is 0.533. The van der Waals surface area contributed by atoms with Crippen LogP contribution in [0.25, 0.3) is 0 Å². The van der Waals surface area contributed by atoms with Crippen LogP contribution >= 0.6 is 0 Å². The Morgan fingerprint density at radius 3 is 2.80 bits per heavy atom. The lowest BCUT2D eigenvalue weighted by atomic mass is 9.92. The topological polar surface area (TPSA) is 55.6 Å². The standard InChI is InChI=1S/C15H21FN2O2/c1-11-6-7-18(13(8-11)9-17)15(19)10-20-14-4-2-12(16)3-5-14/h2-5,11,13H,6-10,17H2,1H3. The van der Waals surface area contributed by atoms with Crippen molar-refractivity contribution >= 4 is 5.91 Å². The number of carbonyl (C=O) groups excluding carboxylic acids is 1. The van der Waals surface area contributed by atoms with E-state index in [2.05, 4.69) is 6.92 Å². The number of nitrogens with two attached hydrogens (primary N) is 1. The maximum atomic E-state index is 12.8. The van der Waals surface area contributed by atoms with Gasteiger partial charge in [0.15, 0.2) is 6.61 Å². The monoisotopic (exact) mass is 280 g/mol. The smallest absolute Gasteiger partial charge is 0.260 e. The Labute approximate surface area is 118 Å². The summed E-state index contributed by atoms with van der Waals surface area (Å²) in [5, 5.41) is 0. The van der Waals surface area contributed by atoms with Gasteiger partial charge < -0.3 is 15.4 Å². The Hall–Kier alpha value is -1.62. The molecule has 1 heterocycles. The first-order valence-electron chi connectivity index (χ1n) is 6.98. The molecular weight excluding hydrogens is 259 g/mol. The summed E-state index contributed by atoms with van der Waals surface area (Å²) in [6.07, 6.45) is 1.94. The summed E-state index contributed by atoms with van der Waals surface area (Å²) in [7, 11) is 0. The molecule has 0 aromatic heterocycles. The molecule has 0 radical (unpaired) electrons. The van der Waals surface area contributed by atoms with Crippen LogP contribution < -0.4 is 10.5 Å². The first-order valence-corrected chi connectivity index (χ1v) is 6.98. The van der Waals surface area contributed by atoms with Gasteiger partial charge in [0.05, 0.1) is 0 Å². The third-order valence-corrected chi connectivity index (χ3v) is 3.75. The third-order valence-electron chi connectivity index (χ3n) is 3.75. The molecule has 0 aliphatic carbocycles. The zero-order chi connectivity index (χ0) is 14.5. The molecule has 2 rings (SSSR count). The number of hydrogen-bond acceptors (Lipinski definition) is 3. The zero-order valence-electron chi connectivity index (χ0n) is 11.7. The Kier molecular flexibility index (Phi) is 4.95. The van der Waals surface area contributed by atoms with E-state index in [1.165, 1.54) is 24.3 Å². The van der Waals surface area contributed by atoms with E-state index in [0.717, 1.165) is 19.4 Å². The summed E-state index contributed by atoms with van der Waals surface area (Å²) in [5.74, 6) is 0.716. The van der Waals surface area contributed by atoms with Crippen molar-refractivity contribution in [2.24, 2.45) is 11.7 Å². The fourth-order valence-electron chi connectivity index (χ4n) is 2.56. The second-order valence-corrected chi connectivity index (χ2v) is 5.35. The summed E-state index contributed by atoms with van der Waals surface area (Å²) in [4.78, 5) is 14.0. The molecule has 2 atom stereocenters. The predicted molar refractivity (Wildman–Crippen MR) is 74.8 cm³/mol. The van der Waals surface area contributed by atoms with E-state index in [9.17, 15) is 9.18 Å². The SMILES string of the molecule is CC1CCN(C(=O)COc2ccc(F)cc2)C(CN)C1. The summed E-state index contributed by atoms with van der Waals surface area (Å²) >= 11 is 0. The minimum absolute atomic E-state index is 0.0312. The van der Waals surface area contributed by atoms with Crippen LogP contribution in [-0.4, -0.2) is 36.5 Å².